The van der Waals surface area contributed by atoms with E-state index in [0.29, 0.717) is 40.0 Å². The number of aromatic hydroxyl groups is 1. The van der Waals surface area contributed by atoms with Crippen LogP contribution < -0.4 is 19.5 Å². The van der Waals surface area contributed by atoms with Gasteiger partial charge >= 0.3 is 0 Å². The number of ether oxygens (including phenoxy) is 3. The van der Waals surface area contributed by atoms with Gasteiger partial charge in [0.05, 0.1) is 31.4 Å². The molecule has 0 unspecified atom stereocenters. The van der Waals surface area contributed by atoms with Crippen molar-refractivity contribution in [3.05, 3.63) is 46.5 Å². The zero-order valence-electron chi connectivity index (χ0n) is 16.8. The normalized spacial score (nSPS) is 11.1. The van der Waals surface area contributed by atoms with Gasteiger partial charge in [0.2, 0.25) is 0 Å². The van der Waals surface area contributed by atoms with Crippen LogP contribution >= 0.6 is 11.6 Å². The van der Waals surface area contributed by atoms with Gasteiger partial charge in [-0.05, 0) is 44.5 Å². The Balaban J connectivity index is 2.29. The van der Waals surface area contributed by atoms with Crippen molar-refractivity contribution >= 4 is 17.5 Å². The van der Waals surface area contributed by atoms with E-state index in [1.54, 1.807) is 32.0 Å². The molecular weight excluding hydrogens is 382 g/mol. The van der Waals surface area contributed by atoms with Crippen molar-refractivity contribution < 1.29 is 24.1 Å². The summed E-state index contributed by atoms with van der Waals surface area (Å²) >= 11 is 6.30. The van der Waals surface area contributed by atoms with E-state index in [4.69, 9.17) is 25.8 Å². The minimum atomic E-state index is -0.843. The highest BCUT2D eigenvalue weighted by Crippen LogP contribution is 2.37. The highest BCUT2D eigenvalue weighted by Gasteiger charge is 2.27. The molecule has 6 nitrogen and oxygen atoms in total. The second-order valence-electron chi connectivity index (χ2n) is 6.80. The van der Waals surface area contributed by atoms with Gasteiger partial charge in [0.15, 0.2) is 11.5 Å². The summed E-state index contributed by atoms with van der Waals surface area (Å²) < 4.78 is 16.1. The zero-order chi connectivity index (χ0) is 20.9. The van der Waals surface area contributed by atoms with Crippen LogP contribution in [0.5, 0.6) is 23.0 Å². The molecule has 28 heavy (non-hydrogen) atoms. The molecule has 0 saturated carbocycles. The number of amides is 1. The third kappa shape index (κ3) is 4.81. The fourth-order valence-electron chi connectivity index (χ4n) is 2.79. The second kappa shape index (κ2) is 9.06. The van der Waals surface area contributed by atoms with Crippen molar-refractivity contribution in [2.24, 2.45) is 0 Å². The summed E-state index contributed by atoms with van der Waals surface area (Å²) in [6.45, 7) is 6.07. The molecule has 0 aliphatic rings. The van der Waals surface area contributed by atoms with Crippen molar-refractivity contribution in [1.82, 2.24) is 5.32 Å². The van der Waals surface area contributed by atoms with Gasteiger partial charge in [0, 0.05) is 17.2 Å². The van der Waals surface area contributed by atoms with E-state index in [-0.39, 0.29) is 11.7 Å². The topological polar surface area (TPSA) is 77.0 Å². The van der Waals surface area contributed by atoms with Gasteiger partial charge in [-0.15, -0.1) is 0 Å². The van der Waals surface area contributed by atoms with Crippen LogP contribution in [-0.2, 0) is 5.54 Å². The highest BCUT2D eigenvalue weighted by molar-refractivity contribution is 6.32. The third-order valence-electron chi connectivity index (χ3n) is 4.25. The summed E-state index contributed by atoms with van der Waals surface area (Å²) in [5.74, 6) is 0.999. The molecule has 0 aromatic heterocycles. The molecule has 1 amide bonds. The Labute approximate surface area is 170 Å². The van der Waals surface area contributed by atoms with E-state index in [2.05, 4.69) is 5.32 Å². The number of phenolic OH excluding ortho intramolecular Hbond substituents is 1. The van der Waals surface area contributed by atoms with Crippen LogP contribution in [0.1, 0.15) is 43.1 Å². The predicted octanol–water partition coefficient (Wildman–Crippen LogP) is 4.52. The standard InChI is InChI=1S/C21H26ClNO5/c1-6-9-28-19-16(22)10-13(11-18(19)27-5)20(25)23-21(2,3)15-8-7-14(26-4)12-17(15)24/h7-8,10-12,24H,6,9H2,1-5H3,(H,23,25). The molecule has 0 fully saturated rings. The third-order valence-corrected chi connectivity index (χ3v) is 4.53. The van der Waals surface area contributed by atoms with E-state index in [9.17, 15) is 9.90 Å². The van der Waals surface area contributed by atoms with E-state index in [1.807, 2.05) is 6.92 Å². The van der Waals surface area contributed by atoms with E-state index >= 15 is 0 Å². The molecule has 152 valence electrons. The summed E-state index contributed by atoms with van der Waals surface area (Å²) in [6, 6.07) is 8.06. The van der Waals surface area contributed by atoms with Crippen molar-refractivity contribution in [2.45, 2.75) is 32.7 Å². The number of hydrogen-bond donors (Lipinski definition) is 2. The number of phenols is 1. The first-order chi connectivity index (χ1) is 13.2. The molecule has 2 aromatic carbocycles. The molecule has 0 spiro atoms. The Kier molecular flexibility index (Phi) is 7.02. The van der Waals surface area contributed by atoms with Crippen LogP contribution in [0.2, 0.25) is 5.02 Å². The maximum Gasteiger partial charge on any atom is 0.252 e. The Morgan fingerprint density at radius 1 is 1.18 bits per heavy atom. The first-order valence-electron chi connectivity index (χ1n) is 8.93. The number of hydrogen-bond acceptors (Lipinski definition) is 5. The lowest BCUT2D eigenvalue weighted by atomic mass is 9.92. The van der Waals surface area contributed by atoms with Crippen LogP contribution in [0.3, 0.4) is 0 Å². The van der Waals surface area contributed by atoms with Gasteiger partial charge < -0.3 is 24.6 Å². The van der Waals surface area contributed by atoms with Crippen molar-refractivity contribution in [1.29, 1.82) is 0 Å². The maximum absolute atomic E-state index is 12.8. The van der Waals surface area contributed by atoms with Gasteiger partial charge in [-0.3, -0.25) is 4.79 Å². The molecule has 0 bridgehead atoms. The molecule has 2 aromatic rings. The van der Waals surface area contributed by atoms with Gasteiger partial charge in [0.1, 0.15) is 11.5 Å². The van der Waals surface area contributed by atoms with Crippen molar-refractivity contribution in [3.8, 4) is 23.0 Å². The van der Waals surface area contributed by atoms with Crippen molar-refractivity contribution in [3.63, 3.8) is 0 Å². The smallest absolute Gasteiger partial charge is 0.252 e. The number of methoxy groups -OCH3 is 2. The Hall–Kier alpha value is -2.60. The predicted molar refractivity (Wildman–Crippen MR) is 109 cm³/mol. The Morgan fingerprint density at radius 2 is 1.89 bits per heavy atom. The van der Waals surface area contributed by atoms with Crippen LogP contribution in [0.4, 0.5) is 0 Å². The highest BCUT2D eigenvalue weighted by atomic mass is 35.5. The quantitative estimate of drug-likeness (QED) is 0.672. The minimum Gasteiger partial charge on any atom is -0.507 e. The van der Waals surface area contributed by atoms with Crippen LogP contribution in [0.25, 0.3) is 0 Å². The summed E-state index contributed by atoms with van der Waals surface area (Å²) in [6.07, 6.45) is 0.821. The Bertz CT molecular complexity index is 851. The summed E-state index contributed by atoms with van der Waals surface area (Å²) in [4.78, 5) is 12.8. The summed E-state index contributed by atoms with van der Waals surface area (Å²) in [5.41, 5.74) is 0.0410. The largest absolute Gasteiger partial charge is 0.507 e. The van der Waals surface area contributed by atoms with Gasteiger partial charge in [0.25, 0.3) is 5.91 Å². The maximum atomic E-state index is 12.8. The van der Waals surface area contributed by atoms with Crippen LogP contribution in [-0.4, -0.2) is 31.8 Å². The lowest BCUT2D eigenvalue weighted by molar-refractivity contribution is 0.0911. The SMILES string of the molecule is CCCOc1c(Cl)cc(C(=O)NC(C)(C)c2ccc(OC)cc2O)cc1OC. The van der Waals surface area contributed by atoms with Gasteiger partial charge in [-0.1, -0.05) is 18.5 Å². The summed E-state index contributed by atoms with van der Waals surface area (Å²) in [7, 11) is 3.01. The molecule has 7 heteroatoms. The van der Waals surface area contributed by atoms with E-state index in [1.165, 1.54) is 26.4 Å². The minimum absolute atomic E-state index is 0.0311. The van der Waals surface area contributed by atoms with E-state index in [0.717, 1.165) is 6.42 Å². The molecule has 2 N–H and O–H groups in total. The molecule has 0 aliphatic carbocycles. The van der Waals surface area contributed by atoms with Crippen molar-refractivity contribution in [2.75, 3.05) is 20.8 Å². The first-order valence-corrected chi connectivity index (χ1v) is 9.31. The van der Waals surface area contributed by atoms with Gasteiger partial charge in [-0.2, -0.15) is 0 Å². The fourth-order valence-corrected chi connectivity index (χ4v) is 3.05. The lowest BCUT2D eigenvalue weighted by Gasteiger charge is -2.28. The van der Waals surface area contributed by atoms with E-state index < -0.39 is 5.54 Å². The van der Waals surface area contributed by atoms with Crippen LogP contribution in [0, 0.1) is 0 Å². The number of nitrogens with one attached hydrogen (secondary N) is 1. The number of benzene rings is 2. The molecule has 0 aliphatic heterocycles. The molecule has 0 atom stereocenters. The average molecular weight is 408 g/mol. The zero-order valence-corrected chi connectivity index (χ0v) is 17.5. The summed E-state index contributed by atoms with van der Waals surface area (Å²) in [5, 5.41) is 13.5. The van der Waals surface area contributed by atoms with Gasteiger partial charge in [-0.25, -0.2) is 0 Å². The average Bonchev–Trinajstić information content (AvgIpc) is 2.65. The molecule has 2 rings (SSSR count). The monoisotopic (exact) mass is 407 g/mol. The second-order valence-corrected chi connectivity index (χ2v) is 7.21. The molecular formula is C21H26ClNO5. The fraction of sp³-hybridized carbons (Fsp3) is 0.381. The molecule has 0 heterocycles. The Morgan fingerprint density at radius 3 is 2.46 bits per heavy atom. The lowest BCUT2D eigenvalue weighted by Crippen LogP contribution is -2.41. The number of carbonyl (C=O) groups excluding carboxylic acids is 1. The molecule has 0 saturated heterocycles. The first kappa shape index (κ1) is 21.7. The number of rotatable bonds is 8. The number of halogens is 1. The molecule has 0 radical (unpaired) electrons. The van der Waals surface area contributed by atoms with Crippen LogP contribution in [0.15, 0.2) is 30.3 Å². The number of carbonyl (C=O) groups is 1.